The predicted molar refractivity (Wildman–Crippen MR) is 93.0 cm³/mol. The summed E-state index contributed by atoms with van der Waals surface area (Å²) in [4.78, 5) is 0.246. The van der Waals surface area contributed by atoms with E-state index in [-0.39, 0.29) is 11.5 Å². The monoisotopic (exact) mass is 395 g/mol. The first-order valence-electron chi connectivity index (χ1n) is 7.26. The van der Waals surface area contributed by atoms with Gasteiger partial charge in [-0.1, -0.05) is 45.8 Å². The molecule has 1 aliphatic rings. The van der Waals surface area contributed by atoms with E-state index in [0.29, 0.717) is 0 Å². The number of sulfone groups is 1. The van der Waals surface area contributed by atoms with Crippen molar-refractivity contribution in [3.05, 3.63) is 64.1 Å². The van der Waals surface area contributed by atoms with Crippen molar-refractivity contribution in [1.82, 2.24) is 0 Å². The van der Waals surface area contributed by atoms with Gasteiger partial charge in [-0.15, -0.1) is 0 Å². The molecule has 1 saturated carbocycles. The Morgan fingerprint density at radius 1 is 1.13 bits per heavy atom. The summed E-state index contributed by atoms with van der Waals surface area (Å²) in [5.41, 5.74) is 6.89. The average molecular weight is 396 g/mol. The Hall–Kier alpha value is -1.21. The second-order valence-electron chi connectivity index (χ2n) is 6.08. The molecule has 0 unspecified atom stereocenters. The molecule has 0 aliphatic heterocycles. The van der Waals surface area contributed by atoms with Gasteiger partial charge in [0.05, 0.1) is 22.3 Å². The van der Waals surface area contributed by atoms with Crippen molar-refractivity contribution in [2.45, 2.75) is 28.5 Å². The number of hydrogen-bond acceptors (Lipinski definition) is 4. The van der Waals surface area contributed by atoms with Crippen molar-refractivity contribution < 1.29 is 13.5 Å². The van der Waals surface area contributed by atoms with Crippen LogP contribution in [0, 0.1) is 6.92 Å². The van der Waals surface area contributed by atoms with Crippen molar-refractivity contribution >= 4 is 25.8 Å². The van der Waals surface area contributed by atoms with Crippen LogP contribution >= 0.6 is 15.9 Å². The second-order valence-corrected chi connectivity index (χ2v) is 9.06. The number of aliphatic hydroxyl groups is 1. The normalized spacial score (nSPS) is 27.0. The summed E-state index contributed by atoms with van der Waals surface area (Å²) < 4.78 is 26.8. The molecule has 2 aromatic rings. The first-order valence-corrected chi connectivity index (χ1v) is 9.60. The first-order chi connectivity index (χ1) is 10.8. The molecule has 1 aliphatic carbocycles. The minimum atomic E-state index is -3.61. The zero-order chi connectivity index (χ0) is 16.8. The fourth-order valence-electron chi connectivity index (χ4n) is 3.11. The van der Waals surface area contributed by atoms with Crippen LogP contribution in [0.4, 0.5) is 0 Å². The summed E-state index contributed by atoms with van der Waals surface area (Å²) in [5, 5.41) is 8.86. The third-order valence-corrected chi connectivity index (χ3v) is 7.33. The Morgan fingerprint density at radius 2 is 1.70 bits per heavy atom. The zero-order valence-electron chi connectivity index (χ0n) is 12.6. The zero-order valence-corrected chi connectivity index (χ0v) is 15.0. The number of rotatable bonds is 4. The van der Waals surface area contributed by atoms with Crippen LogP contribution < -0.4 is 5.73 Å². The Morgan fingerprint density at radius 3 is 2.22 bits per heavy atom. The molecule has 0 heterocycles. The van der Waals surface area contributed by atoms with Gasteiger partial charge in [-0.25, -0.2) is 8.42 Å². The smallest absolute Gasteiger partial charge is 0.183 e. The summed E-state index contributed by atoms with van der Waals surface area (Å²) in [6, 6.07) is 14.1. The van der Waals surface area contributed by atoms with Gasteiger partial charge in [0, 0.05) is 10.4 Å². The van der Waals surface area contributed by atoms with Gasteiger partial charge in [0.25, 0.3) is 0 Å². The van der Waals surface area contributed by atoms with E-state index in [4.69, 9.17) is 5.73 Å². The van der Waals surface area contributed by atoms with Gasteiger partial charge in [-0.05, 0) is 36.8 Å². The maximum Gasteiger partial charge on any atom is 0.183 e. The van der Waals surface area contributed by atoms with E-state index < -0.39 is 26.5 Å². The summed E-state index contributed by atoms with van der Waals surface area (Å²) in [6.07, 6.45) is 0. The molecule has 0 bridgehead atoms. The molecule has 6 heteroatoms. The average Bonchev–Trinajstić information content (AvgIpc) is 3.16. The molecule has 0 aromatic heterocycles. The SMILES string of the molecule is Cc1ccc(S(=O)(=O)[C@H]2[C@@H](c3ccc(Br)cc3)[C@@]2(N)CO)cc1. The van der Waals surface area contributed by atoms with E-state index in [1.54, 1.807) is 24.3 Å². The minimum absolute atomic E-state index is 0.246. The van der Waals surface area contributed by atoms with E-state index in [1.165, 1.54) is 0 Å². The van der Waals surface area contributed by atoms with Crippen LogP contribution in [0.5, 0.6) is 0 Å². The Balaban J connectivity index is 2.01. The standard InChI is InChI=1S/C17H18BrNO3S/c1-11-2-8-14(9-3-11)23(21,22)16-15(17(16,19)10-20)12-4-6-13(18)7-5-12/h2-9,15-16,20H,10,19H2,1H3/t15-,16+,17+/m1/s1. The van der Waals surface area contributed by atoms with E-state index in [1.807, 2.05) is 31.2 Å². The van der Waals surface area contributed by atoms with Crippen LogP contribution in [0.2, 0.25) is 0 Å². The van der Waals surface area contributed by atoms with E-state index in [0.717, 1.165) is 15.6 Å². The van der Waals surface area contributed by atoms with Crippen molar-refractivity contribution in [1.29, 1.82) is 0 Å². The third-order valence-electron chi connectivity index (χ3n) is 4.49. The van der Waals surface area contributed by atoms with E-state index >= 15 is 0 Å². The lowest BCUT2D eigenvalue weighted by molar-refractivity contribution is 0.253. The molecule has 3 rings (SSSR count). The third kappa shape index (κ3) is 2.74. The highest BCUT2D eigenvalue weighted by molar-refractivity contribution is 9.10. The number of hydrogen-bond donors (Lipinski definition) is 2. The largest absolute Gasteiger partial charge is 0.394 e. The second kappa shape index (κ2) is 5.70. The number of halogens is 1. The number of nitrogens with two attached hydrogens (primary N) is 1. The molecule has 3 atom stereocenters. The molecule has 0 radical (unpaired) electrons. The molecule has 4 nitrogen and oxygen atoms in total. The maximum atomic E-state index is 12.9. The fourth-order valence-corrected chi connectivity index (χ4v) is 5.67. The summed E-state index contributed by atoms with van der Waals surface area (Å²) in [7, 11) is -3.61. The van der Waals surface area contributed by atoms with Gasteiger partial charge in [0.1, 0.15) is 0 Å². The highest BCUT2D eigenvalue weighted by Crippen LogP contribution is 2.55. The lowest BCUT2D eigenvalue weighted by atomic mass is 10.1. The quantitative estimate of drug-likeness (QED) is 0.832. The number of aryl methyl sites for hydroxylation is 1. The molecule has 23 heavy (non-hydrogen) atoms. The molecular weight excluding hydrogens is 378 g/mol. The molecule has 3 N–H and O–H groups in total. The Kier molecular flexibility index (Phi) is 4.13. The molecule has 2 aromatic carbocycles. The van der Waals surface area contributed by atoms with E-state index in [9.17, 15) is 13.5 Å². The highest BCUT2D eigenvalue weighted by atomic mass is 79.9. The van der Waals surface area contributed by atoms with Gasteiger partial charge in [0.15, 0.2) is 9.84 Å². The fraction of sp³-hybridized carbons (Fsp3) is 0.294. The highest BCUT2D eigenvalue weighted by Gasteiger charge is 2.69. The number of benzene rings is 2. The van der Waals surface area contributed by atoms with Crippen LogP contribution in [0.3, 0.4) is 0 Å². The van der Waals surface area contributed by atoms with Gasteiger partial charge >= 0.3 is 0 Å². The Labute approximate surface area is 144 Å². The topological polar surface area (TPSA) is 80.4 Å². The predicted octanol–water partition coefficient (Wildman–Crippen LogP) is 2.39. The maximum absolute atomic E-state index is 12.9. The molecule has 0 spiro atoms. The molecule has 1 fully saturated rings. The molecule has 0 amide bonds. The summed E-state index contributed by atoms with van der Waals surface area (Å²) in [6.45, 7) is 1.53. The van der Waals surface area contributed by atoms with Crippen LogP contribution in [0.25, 0.3) is 0 Å². The molecular formula is C17H18BrNO3S. The van der Waals surface area contributed by atoms with Crippen LogP contribution in [-0.2, 0) is 9.84 Å². The van der Waals surface area contributed by atoms with Crippen molar-refractivity contribution in [3.63, 3.8) is 0 Å². The molecule has 0 saturated heterocycles. The van der Waals surface area contributed by atoms with Crippen LogP contribution in [-0.4, -0.2) is 30.9 Å². The number of aliphatic hydroxyl groups excluding tert-OH is 1. The lowest BCUT2D eigenvalue weighted by Gasteiger charge is -2.08. The van der Waals surface area contributed by atoms with Gasteiger partial charge in [-0.2, -0.15) is 0 Å². The summed E-state index contributed by atoms with van der Waals surface area (Å²) >= 11 is 3.36. The van der Waals surface area contributed by atoms with Crippen molar-refractivity contribution in [2.75, 3.05) is 6.61 Å². The summed E-state index contributed by atoms with van der Waals surface area (Å²) in [5.74, 6) is -0.410. The van der Waals surface area contributed by atoms with Crippen LogP contribution in [0.15, 0.2) is 57.9 Å². The first kappa shape index (κ1) is 16.6. The van der Waals surface area contributed by atoms with Crippen molar-refractivity contribution in [2.24, 2.45) is 5.73 Å². The van der Waals surface area contributed by atoms with E-state index in [2.05, 4.69) is 15.9 Å². The minimum Gasteiger partial charge on any atom is -0.394 e. The van der Waals surface area contributed by atoms with Crippen LogP contribution in [0.1, 0.15) is 17.0 Å². The van der Waals surface area contributed by atoms with Crippen molar-refractivity contribution in [3.8, 4) is 0 Å². The van der Waals surface area contributed by atoms with Gasteiger partial charge in [0.2, 0.25) is 0 Å². The van der Waals surface area contributed by atoms with Gasteiger partial charge in [-0.3, -0.25) is 0 Å². The lowest BCUT2D eigenvalue weighted by Crippen LogP contribution is -2.35. The van der Waals surface area contributed by atoms with Gasteiger partial charge < -0.3 is 10.8 Å². The molecule has 122 valence electrons. The Bertz CT molecular complexity index is 818.